The zero-order chi connectivity index (χ0) is 15.0. The van der Waals surface area contributed by atoms with E-state index < -0.39 is 0 Å². The van der Waals surface area contributed by atoms with Crippen molar-refractivity contribution in [1.29, 1.82) is 0 Å². The average molecular weight is 383 g/mol. The Bertz CT molecular complexity index is 849. The molecule has 0 aliphatic carbocycles. The van der Waals surface area contributed by atoms with Gasteiger partial charge in [0.2, 0.25) is 0 Å². The van der Waals surface area contributed by atoms with Crippen LogP contribution in [-0.4, -0.2) is 10.9 Å². The molecule has 0 saturated heterocycles. The number of fused-ring (bicyclic) bond motifs is 1. The summed E-state index contributed by atoms with van der Waals surface area (Å²) in [4.78, 5) is 16.6. The number of carbonyl (C=O) groups is 1. The van der Waals surface area contributed by atoms with Gasteiger partial charge >= 0.3 is 0 Å². The molecule has 0 aliphatic rings. The molecule has 0 unspecified atom stereocenters. The first-order chi connectivity index (χ1) is 10.0. The van der Waals surface area contributed by atoms with E-state index in [0.717, 1.165) is 14.7 Å². The Morgan fingerprint density at radius 3 is 2.90 bits per heavy atom. The first kappa shape index (κ1) is 14.3. The van der Waals surface area contributed by atoms with Crippen LogP contribution in [0.15, 0.2) is 40.9 Å². The fraction of sp³-hybridized carbons (Fsp3) is 0. The van der Waals surface area contributed by atoms with Crippen molar-refractivity contribution in [2.75, 3.05) is 11.1 Å². The number of rotatable bonds is 2. The third-order valence-corrected chi connectivity index (χ3v) is 4.49. The first-order valence-corrected chi connectivity index (χ1v) is 7.94. The minimum Gasteiger partial charge on any atom is -0.398 e. The average Bonchev–Trinajstić information content (AvgIpc) is 2.82. The largest absolute Gasteiger partial charge is 0.398 e. The van der Waals surface area contributed by atoms with Crippen molar-refractivity contribution in [3.63, 3.8) is 0 Å². The Morgan fingerprint density at radius 2 is 2.10 bits per heavy atom. The molecule has 1 aromatic heterocycles. The molecule has 21 heavy (non-hydrogen) atoms. The lowest BCUT2D eigenvalue weighted by Gasteiger charge is -2.05. The number of amides is 1. The second kappa shape index (κ2) is 5.63. The van der Waals surface area contributed by atoms with Crippen LogP contribution in [0.3, 0.4) is 0 Å². The van der Waals surface area contributed by atoms with E-state index in [1.54, 1.807) is 24.3 Å². The molecule has 0 spiro atoms. The molecule has 2 aromatic carbocycles. The highest BCUT2D eigenvalue weighted by molar-refractivity contribution is 9.10. The summed E-state index contributed by atoms with van der Waals surface area (Å²) in [5.74, 6) is -0.293. The van der Waals surface area contributed by atoms with Gasteiger partial charge in [-0.15, -0.1) is 0 Å². The molecule has 0 saturated carbocycles. The van der Waals surface area contributed by atoms with Crippen LogP contribution in [0.1, 0.15) is 10.4 Å². The SMILES string of the molecule is Nc1ccc(Br)cc1C(=O)Nc1nc2ccc(Cl)cc2s1. The summed E-state index contributed by atoms with van der Waals surface area (Å²) in [5, 5.41) is 3.91. The molecule has 0 radical (unpaired) electrons. The summed E-state index contributed by atoms with van der Waals surface area (Å²) >= 11 is 10.6. The number of nitrogens with one attached hydrogen (secondary N) is 1. The number of anilines is 2. The number of hydrogen-bond donors (Lipinski definition) is 2. The zero-order valence-corrected chi connectivity index (χ0v) is 13.7. The van der Waals surface area contributed by atoms with Crippen molar-refractivity contribution in [3.8, 4) is 0 Å². The van der Waals surface area contributed by atoms with E-state index in [1.807, 2.05) is 12.1 Å². The monoisotopic (exact) mass is 381 g/mol. The molecular weight excluding hydrogens is 374 g/mol. The lowest BCUT2D eigenvalue weighted by Crippen LogP contribution is -2.13. The number of thiazole rings is 1. The number of nitrogens with zero attached hydrogens (tertiary/aromatic N) is 1. The standard InChI is InChI=1S/C14H9BrClN3OS/c15-7-1-3-10(17)9(5-7)13(20)19-14-18-11-4-2-8(16)6-12(11)21-14/h1-6H,17H2,(H,18,19,20). The second-order valence-electron chi connectivity index (χ2n) is 4.32. The predicted molar refractivity (Wildman–Crippen MR) is 91.1 cm³/mol. The van der Waals surface area contributed by atoms with Crippen molar-refractivity contribution < 1.29 is 4.79 Å². The quantitative estimate of drug-likeness (QED) is 0.639. The highest BCUT2D eigenvalue weighted by Crippen LogP contribution is 2.29. The fourth-order valence-corrected chi connectivity index (χ4v) is 3.34. The third-order valence-electron chi connectivity index (χ3n) is 2.83. The van der Waals surface area contributed by atoms with Crippen LogP contribution in [0.5, 0.6) is 0 Å². The van der Waals surface area contributed by atoms with Crippen LogP contribution in [0.25, 0.3) is 10.2 Å². The van der Waals surface area contributed by atoms with Gasteiger partial charge in [0.15, 0.2) is 5.13 Å². The topological polar surface area (TPSA) is 68.0 Å². The molecule has 1 amide bonds. The summed E-state index contributed by atoms with van der Waals surface area (Å²) in [6, 6.07) is 10.5. The van der Waals surface area contributed by atoms with Crippen LogP contribution < -0.4 is 11.1 Å². The van der Waals surface area contributed by atoms with Gasteiger partial charge in [0, 0.05) is 15.2 Å². The number of nitrogen functional groups attached to an aromatic ring is 1. The number of aromatic nitrogens is 1. The minimum atomic E-state index is -0.293. The molecule has 7 heteroatoms. The Labute approximate surface area is 138 Å². The molecule has 3 N–H and O–H groups in total. The molecule has 0 atom stereocenters. The summed E-state index contributed by atoms with van der Waals surface area (Å²) in [6.07, 6.45) is 0. The molecule has 3 rings (SSSR count). The van der Waals surface area contributed by atoms with Gasteiger partial charge in [0.1, 0.15) is 0 Å². The maximum Gasteiger partial charge on any atom is 0.259 e. The van der Waals surface area contributed by atoms with Gasteiger partial charge in [-0.2, -0.15) is 0 Å². The van der Waals surface area contributed by atoms with Crippen molar-refractivity contribution in [3.05, 3.63) is 51.5 Å². The fourth-order valence-electron chi connectivity index (χ4n) is 1.84. The van der Waals surface area contributed by atoms with Gasteiger partial charge < -0.3 is 5.73 Å². The highest BCUT2D eigenvalue weighted by atomic mass is 79.9. The van der Waals surface area contributed by atoms with E-state index in [-0.39, 0.29) is 5.91 Å². The van der Waals surface area contributed by atoms with Crippen LogP contribution in [-0.2, 0) is 0 Å². The minimum absolute atomic E-state index is 0.293. The Morgan fingerprint density at radius 1 is 1.29 bits per heavy atom. The molecule has 3 aromatic rings. The number of nitrogens with two attached hydrogens (primary N) is 1. The van der Waals surface area contributed by atoms with Gasteiger partial charge in [-0.3, -0.25) is 10.1 Å². The Balaban J connectivity index is 1.90. The molecule has 106 valence electrons. The van der Waals surface area contributed by atoms with Crippen molar-refractivity contribution in [2.45, 2.75) is 0 Å². The van der Waals surface area contributed by atoms with E-state index in [2.05, 4.69) is 26.2 Å². The maximum atomic E-state index is 12.3. The van der Waals surface area contributed by atoms with E-state index in [1.165, 1.54) is 11.3 Å². The summed E-state index contributed by atoms with van der Waals surface area (Å²) in [5.41, 5.74) is 7.44. The lowest BCUT2D eigenvalue weighted by atomic mass is 10.2. The van der Waals surface area contributed by atoms with Crippen LogP contribution >= 0.6 is 38.9 Å². The van der Waals surface area contributed by atoms with Gasteiger partial charge in [-0.05, 0) is 36.4 Å². The summed E-state index contributed by atoms with van der Waals surface area (Å²) in [7, 11) is 0. The van der Waals surface area contributed by atoms with E-state index in [4.69, 9.17) is 17.3 Å². The van der Waals surface area contributed by atoms with Crippen molar-refractivity contribution >= 4 is 65.8 Å². The van der Waals surface area contributed by atoms with Gasteiger partial charge in [-0.1, -0.05) is 38.9 Å². The van der Waals surface area contributed by atoms with E-state index >= 15 is 0 Å². The van der Waals surface area contributed by atoms with Crippen molar-refractivity contribution in [2.24, 2.45) is 0 Å². The first-order valence-electron chi connectivity index (χ1n) is 5.95. The molecule has 0 fully saturated rings. The maximum absolute atomic E-state index is 12.3. The highest BCUT2D eigenvalue weighted by Gasteiger charge is 2.13. The normalized spacial score (nSPS) is 10.8. The Hall–Kier alpha value is -1.63. The number of carbonyl (C=O) groups excluding carboxylic acids is 1. The van der Waals surface area contributed by atoms with E-state index in [0.29, 0.717) is 21.4 Å². The number of hydrogen-bond acceptors (Lipinski definition) is 4. The van der Waals surface area contributed by atoms with Gasteiger partial charge in [-0.25, -0.2) is 4.98 Å². The van der Waals surface area contributed by atoms with Gasteiger partial charge in [0.25, 0.3) is 5.91 Å². The molecule has 1 heterocycles. The molecule has 4 nitrogen and oxygen atoms in total. The predicted octanol–water partition coefficient (Wildman–Crippen LogP) is 4.55. The lowest BCUT2D eigenvalue weighted by molar-refractivity contribution is 0.102. The van der Waals surface area contributed by atoms with Crippen molar-refractivity contribution in [1.82, 2.24) is 4.98 Å². The Kier molecular flexibility index (Phi) is 3.84. The number of halogens is 2. The molecule has 0 aliphatic heterocycles. The molecule has 0 bridgehead atoms. The summed E-state index contributed by atoms with van der Waals surface area (Å²) in [6.45, 7) is 0. The third kappa shape index (κ3) is 3.02. The zero-order valence-electron chi connectivity index (χ0n) is 10.6. The van der Waals surface area contributed by atoms with Gasteiger partial charge in [0.05, 0.1) is 15.8 Å². The summed E-state index contributed by atoms with van der Waals surface area (Å²) < 4.78 is 1.71. The molecular formula is C14H9BrClN3OS. The number of benzene rings is 2. The van der Waals surface area contributed by atoms with E-state index in [9.17, 15) is 4.79 Å². The second-order valence-corrected chi connectivity index (χ2v) is 6.70. The van der Waals surface area contributed by atoms with Crippen LogP contribution in [0.2, 0.25) is 5.02 Å². The van der Waals surface area contributed by atoms with Crippen LogP contribution in [0.4, 0.5) is 10.8 Å². The smallest absolute Gasteiger partial charge is 0.259 e. The van der Waals surface area contributed by atoms with Crippen LogP contribution in [0, 0.1) is 0 Å².